The molecule has 0 aliphatic heterocycles. The number of oxime groups is 2. The summed E-state index contributed by atoms with van der Waals surface area (Å²) in [4.78, 5) is 10.8. The lowest BCUT2D eigenvalue weighted by atomic mass is 10.1. The van der Waals surface area contributed by atoms with Crippen LogP contribution in [0.4, 0.5) is 0 Å². The van der Waals surface area contributed by atoms with Gasteiger partial charge >= 0.3 is 0 Å². The van der Waals surface area contributed by atoms with Gasteiger partial charge in [-0.25, -0.2) is 0 Å². The maximum atomic E-state index is 5.44. The molecule has 0 amide bonds. The first kappa shape index (κ1) is 17.7. The van der Waals surface area contributed by atoms with Crippen LogP contribution in [0, 0.1) is 0 Å². The Hall–Kier alpha value is -2.62. The van der Waals surface area contributed by atoms with Gasteiger partial charge in [0.15, 0.2) is 0 Å². The molecule has 0 aliphatic rings. The predicted molar refractivity (Wildman–Crippen MR) is 97.9 cm³/mol. The lowest BCUT2D eigenvalue weighted by Crippen LogP contribution is -2.05. The number of hydrogen-bond donors (Lipinski definition) is 0. The molecule has 0 unspecified atom stereocenters. The van der Waals surface area contributed by atoms with Crippen molar-refractivity contribution in [3.63, 3.8) is 0 Å². The van der Waals surface area contributed by atoms with E-state index in [0.717, 1.165) is 29.0 Å². The highest BCUT2D eigenvalue weighted by molar-refractivity contribution is 6.02. The maximum Gasteiger partial charge on any atom is 0.142 e. The summed E-state index contributed by atoms with van der Waals surface area (Å²) >= 11 is 0. The van der Waals surface area contributed by atoms with Crippen LogP contribution in [-0.2, 0) is 22.9 Å². The van der Waals surface area contributed by atoms with Gasteiger partial charge in [0.25, 0.3) is 0 Å². The summed E-state index contributed by atoms with van der Waals surface area (Å²) in [6, 6.07) is 20.0. The van der Waals surface area contributed by atoms with Crippen molar-refractivity contribution >= 4 is 11.4 Å². The molecule has 126 valence electrons. The van der Waals surface area contributed by atoms with E-state index in [1.54, 1.807) is 0 Å². The van der Waals surface area contributed by atoms with Crippen LogP contribution in [-0.4, -0.2) is 11.4 Å². The minimum atomic E-state index is 0.474. The van der Waals surface area contributed by atoms with E-state index >= 15 is 0 Å². The first-order valence-corrected chi connectivity index (χ1v) is 8.19. The second kappa shape index (κ2) is 10.2. The highest BCUT2D eigenvalue weighted by Crippen LogP contribution is 2.04. The van der Waals surface area contributed by atoms with Gasteiger partial charge in [-0.15, -0.1) is 0 Å². The third-order valence-electron chi connectivity index (χ3n) is 3.43. The first-order chi connectivity index (χ1) is 11.8. The SMILES string of the molecule is CC/C(C/C(C)=N/OCc1ccccc1)=N\OCc1ccccc1. The lowest BCUT2D eigenvalue weighted by molar-refractivity contribution is 0.128. The summed E-state index contributed by atoms with van der Waals surface area (Å²) in [5.41, 5.74) is 4.04. The summed E-state index contributed by atoms with van der Waals surface area (Å²) < 4.78 is 0. The van der Waals surface area contributed by atoms with Crippen LogP contribution in [0.15, 0.2) is 71.0 Å². The van der Waals surface area contributed by atoms with E-state index in [-0.39, 0.29) is 0 Å². The molecule has 0 fully saturated rings. The molecular formula is C20H24N2O2. The fourth-order valence-electron chi connectivity index (χ4n) is 2.11. The van der Waals surface area contributed by atoms with Crippen molar-refractivity contribution in [2.45, 2.75) is 39.9 Å². The van der Waals surface area contributed by atoms with Crippen molar-refractivity contribution in [3.05, 3.63) is 71.8 Å². The molecule has 4 nitrogen and oxygen atoms in total. The smallest absolute Gasteiger partial charge is 0.142 e. The Bertz CT molecular complexity index is 652. The van der Waals surface area contributed by atoms with Gasteiger partial charge in [-0.1, -0.05) is 77.9 Å². The molecule has 0 radical (unpaired) electrons. The van der Waals surface area contributed by atoms with E-state index in [1.165, 1.54) is 0 Å². The first-order valence-electron chi connectivity index (χ1n) is 8.19. The number of nitrogens with zero attached hydrogens (tertiary/aromatic N) is 2. The molecule has 2 rings (SSSR count). The molecule has 0 aromatic heterocycles. The lowest BCUT2D eigenvalue weighted by Gasteiger charge is -2.05. The average Bonchev–Trinajstić information content (AvgIpc) is 2.62. The Labute approximate surface area is 143 Å². The summed E-state index contributed by atoms with van der Waals surface area (Å²) in [6.45, 7) is 4.95. The van der Waals surface area contributed by atoms with Gasteiger partial charge in [0.05, 0.1) is 11.4 Å². The topological polar surface area (TPSA) is 43.2 Å². The highest BCUT2D eigenvalue weighted by atomic mass is 16.6. The van der Waals surface area contributed by atoms with E-state index in [0.29, 0.717) is 19.6 Å². The number of hydrogen-bond acceptors (Lipinski definition) is 4. The number of rotatable bonds is 9. The molecule has 24 heavy (non-hydrogen) atoms. The van der Waals surface area contributed by atoms with E-state index in [4.69, 9.17) is 9.68 Å². The molecular weight excluding hydrogens is 300 g/mol. The fraction of sp³-hybridized carbons (Fsp3) is 0.300. The summed E-state index contributed by atoms with van der Waals surface area (Å²) in [5.74, 6) is 0. The van der Waals surface area contributed by atoms with Gasteiger partial charge in [-0.2, -0.15) is 0 Å². The van der Waals surface area contributed by atoms with E-state index < -0.39 is 0 Å². The largest absolute Gasteiger partial charge is 0.391 e. The Kier molecular flexibility index (Phi) is 7.54. The van der Waals surface area contributed by atoms with Crippen LogP contribution in [0.1, 0.15) is 37.8 Å². The molecule has 0 heterocycles. The Morgan fingerprint density at radius 2 is 1.29 bits per heavy atom. The van der Waals surface area contributed by atoms with Crippen LogP contribution in [0.5, 0.6) is 0 Å². The van der Waals surface area contributed by atoms with Gasteiger partial charge in [0.2, 0.25) is 0 Å². The molecule has 0 N–H and O–H groups in total. The molecule has 0 aliphatic carbocycles. The predicted octanol–water partition coefficient (Wildman–Crippen LogP) is 4.95. The van der Waals surface area contributed by atoms with Crippen molar-refractivity contribution < 1.29 is 9.68 Å². The summed E-state index contributed by atoms with van der Waals surface area (Å²) in [5, 5.41) is 8.38. The van der Waals surface area contributed by atoms with Crippen molar-refractivity contribution in [1.29, 1.82) is 0 Å². The molecule has 0 bridgehead atoms. The third-order valence-corrected chi connectivity index (χ3v) is 3.43. The normalized spacial score (nSPS) is 12.1. The second-order valence-corrected chi connectivity index (χ2v) is 5.53. The van der Waals surface area contributed by atoms with Gasteiger partial charge in [0.1, 0.15) is 13.2 Å². The maximum absolute atomic E-state index is 5.44. The average molecular weight is 324 g/mol. The molecule has 0 saturated carbocycles. The van der Waals surface area contributed by atoms with Crippen molar-refractivity contribution in [1.82, 2.24) is 0 Å². The molecule has 0 atom stereocenters. The van der Waals surface area contributed by atoms with Gasteiger partial charge in [-0.3, -0.25) is 0 Å². The van der Waals surface area contributed by atoms with Crippen LogP contribution in [0.3, 0.4) is 0 Å². The van der Waals surface area contributed by atoms with Crippen LogP contribution in [0.25, 0.3) is 0 Å². The summed E-state index contributed by atoms with van der Waals surface area (Å²) in [7, 11) is 0. The molecule has 0 saturated heterocycles. The highest BCUT2D eigenvalue weighted by Gasteiger charge is 2.02. The van der Waals surface area contributed by atoms with E-state index in [9.17, 15) is 0 Å². The standard InChI is InChI=1S/C20H24N2O2/c1-3-20(22-24-16-19-12-8-5-9-13-19)14-17(2)21-23-15-18-10-6-4-7-11-18/h4-13H,3,14-16H2,1-2H3/b21-17+,22-20+. The third kappa shape index (κ3) is 6.65. The zero-order valence-electron chi connectivity index (χ0n) is 14.3. The van der Waals surface area contributed by atoms with Gasteiger partial charge in [-0.05, 0) is 24.5 Å². The zero-order valence-corrected chi connectivity index (χ0v) is 14.3. The fourth-order valence-corrected chi connectivity index (χ4v) is 2.11. The molecule has 0 spiro atoms. The molecule has 2 aromatic rings. The Balaban J connectivity index is 1.77. The molecule has 4 heteroatoms. The van der Waals surface area contributed by atoms with Gasteiger partial charge < -0.3 is 9.68 Å². The van der Waals surface area contributed by atoms with E-state index in [1.807, 2.05) is 67.6 Å². The molecule has 2 aromatic carbocycles. The van der Waals surface area contributed by atoms with Crippen LogP contribution in [0.2, 0.25) is 0 Å². The van der Waals surface area contributed by atoms with Crippen molar-refractivity contribution in [3.8, 4) is 0 Å². The van der Waals surface area contributed by atoms with Crippen LogP contribution >= 0.6 is 0 Å². The number of benzene rings is 2. The van der Waals surface area contributed by atoms with E-state index in [2.05, 4.69) is 17.2 Å². The summed E-state index contributed by atoms with van der Waals surface area (Å²) in [6.07, 6.45) is 1.47. The Morgan fingerprint density at radius 1 is 0.792 bits per heavy atom. The minimum Gasteiger partial charge on any atom is -0.391 e. The zero-order chi connectivity index (χ0) is 17.0. The Morgan fingerprint density at radius 3 is 1.79 bits per heavy atom. The van der Waals surface area contributed by atoms with Crippen molar-refractivity contribution in [2.75, 3.05) is 0 Å². The van der Waals surface area contributed by atoms with Gasteiger partial charge in [0, 0.05) is 6.42 Å². The quantitative estimate of drug-likeness (QED) is 0.484. The van der Waals surface area contributed by atoms with Crippen LogP contribution < -0.4 is 0 Å². The minimum absolute atomic E-state index is 0.474. The van der Waals surface area contributed by atoms with Crippen molar-refractivity contribution in [2.24, 2.45) is 10.3 Å². The monoisotopic (exact) mass is 324 g/mol. The second-order valence-electron chi connectivity index (χ2n) is 5.53.